The second-order valence-corrected chi connectivity index (χ2v) is 7.44. The Bertz CT molecular complexity index is 616. The van der Waals surface area contributed by atoms with Gasteiger partial charge in [-0.3, -0.25) is 4.90 Å². The average molecular weight is 311 g/mol. The minimum Gasteiger partial charge on any atom is -0.445 e. The molecule has 6 nitrogen and oxygen atoms in total. The lowest BCUT2D eigenvalue weighted by molar-refractivity contribution is -0.0439. The minimum atomic E-state index is -3.14. The molecule has 7 heteroatoms. The molecule has 114 valence electrons. The SMILES string of the molecule is O=C(OCc1ccccc1)N1CCOC2CS(=O)(=O)CC21. The average Bonchev–Trinajstić information content (AvgIpc) is 2.79. The van der Waals surface area contributed by atoms with Gasteiger partial charge in [-0.2, -0.15) is 0 Å². The van der Waals surface area contributed by atoms with E-state index in [-0.39, 0.29) is 18.1 Å². The first kappa shape index (κ1) is 14.3. The molecule has 0 aromatic heterocycles. The fourth-order valence-electron chi connectivity index (χ4n) is 2.74. The molecule has 0 bridgehead atoms. The Balaban J connectivity index is 1.64. The van der Waals surface area contributed by atoms with E-state index in [4.69, 9.17) is 9.47 Å². The third-order valence-electron chi connectivity index (χ3n) is 3.78. The van der Waals surface area contributed by atoms with Crippen LogP contribution in [-0.2, 0) is 25.9 Å². The maximum absolute atomic E-state index is 12.2. The number of nitrogens with zero attached hydrogens (tertiary/aromatic N) is 1. The van der Waals surface area contributed by atoms with Gasteiger partial charge in [0.2, 0.25) is 0 Å². The lowest BCUT2D eigenvalue weighted by Crippen LogP contribution is -2.53. The Hall–Kier alpha value is -1.60. The van der Waals surface area contributed by atoms with Crippen LogP contribution in [0.25, 0.3) is 0 Å². The molecule has 2 heterocycles. The van der Waals surface area contributed by atoms with Crippen molar-refractivity contribution >= 4 is 15.9 Å². The number of morpholine rings is 1. The lowest BCUT2D eigenvalue weighted by Gasteiger charge is -2.35. The molecular weight excluding hydrogens is 294 g/mol. The van der Waals surface area contributed by atoms with Crippen LogP contribution in [-0.4, -0.2) is 56.2 Å². The molecule has 2 aliphatic heterocycles. The van der Waals surface area contributed by atoms with Gasteiger partial charge in [0, 0.05) is 6.54 Å². The summed E-state index contributed by atoms with van der Waals surface area (Å²) in [6.07, 6.45) is -0.901. The molecule has 2 unspecified atom stereocenters. The van der Waals surface area contributed by atoms with Crippen molar-refractivity contribution in [1.82, 2.24) is 4.90 Å². The van der Waals surface area contributed by atoms with Crippen LogP contribution in [0.4, 0.5) is 4.79 Å². The number of hydrogen-bond acceptors (Lipinski definition) is 5. The molecule has 2 fully saturated rings. The summed E-state index contributed by atoms with van der Waals surface area (Å²) in [7, 11) is -3.14. The van der Waals surface area contributed by atoms with Gasteiger partial charge in [-0.1, -0.05) is 30.3 Å². The first-order valence-corrected chi connectivity index (χ1v) is 8.67. The van der Waals surface area contributed by atoms with E-state index in [0.29, 0.717) is 13.2 Å². The van der Waals surface area contributed by atoms with Gasteiger partial charge in [-0.25, -0.2) is 13.2 Å². The first-order chi connectivity index (χ1) is 10.1. The molecule has 0 aliphatic carbocycles. The Morgan fingerprint density at radius 1 is 1.29 bits per heavy atom. The number of carbonyl (C=O) groups excluding carboxylic acids is 1. The normalized spacial score (nSPS) is 27.1. The van der Waals surface area contributed by atoms with Gasteiger partial charge in [0.05, 0.1) is 30.3 Å². The van der Waals surface area contributed by atoms with E-state index in [0.717, 1.165) is 5.56 Å². The topological polar surface area (TPSA) is 72.9 Å². The second kappa shape index (κ2) is 5.65. The highest BCUT2D eigenvalue weighted by molar-refractivity contribution is 7.91. The van der Waals surface area contributed by atoms with Crippen LogP contribution in [0.5, 0.6) is 0 Å². The van der Waals surface area contributed by atoms with Gasteiger partial charge >= 0.3 is 6.09 Å². The van der Waals surface area contributed by atoms with E-state index < -0.39 is 28.1 Å². The molecule has 0 N–H and O–H groups in total. The lowest BCUT2D eigenvalue weighted by atomic mass is 10.1. The quantitative estimate of drug-likeness (QED) is 0.808. The van der Waals surface area contributed by atoms with Gasteiger partial charge < -0.3 is 9.47 Å². The van der Waals surface area contributed by atoms with Gasteiger partial charge in [-0.05, 0) is 5.56 Å². The number of benzene rings is 1. The van der Waals surface area contributed by atoms with Crippen molar-refractivity contribution in [3.8, 4) is 0 Å². The maximum Gasteiger partial charge on any atom is 0.410 e. The highest BCUT2D eigenvalue weighted by Gasteiger charge is 2.46. The van der Waals surface area contributed by atoms with Gasteiger partial charge in [0.25, 0.3) is 0 Å². The molecule has 0 radical (unpaired) electrons. The maximum atomic E-state index is 12.2. The van der Waals surface area contributed by atoms with Crippen molar-refractivity contribution in [3.63, 3.8) is 0 Å². The van der Waals surface area contributed by atoms with Gasteiger partial charge in [0.15, 0.2) is 9.84 Å². The third kappa shape index (κ3) is 3.19. The number of fused-ring (bicyclic) bond motifs is 1. The second-order valence-electron chi connectivity index (χ2n) is 5.29. The summed E-state index contributed by atoms with van der Waals surface area (Å²) >= 11 is 0. The number of ether oxygens (including phenoxy) is 2. The van der Waals surface area contributed by atoms with Gasteiger partial charge in [-0.15, -0.1) is 0 Å². The fraction of sp³-hybridized carbons (Fsp3) is 0.500. The first-order valence-electron chi connectivity index (χ1n) is 6.84. The van der Waals surface area contributed by atoms with E-state index in [2.05, 4.69) is 0 Å². The number of hydrogen-bond donors (Lipinski definition) is 0. The smallest absolute Gasteiger partial charge is 0.410 e. The molecule has 3 rings (SSSR count). The summed E-state index contributed by atoms with van der Waals surface area (Å²) in [6, 6.07) is 8.95. The highest BCUT2D eigenvalue weighted by atomic mass is 32.2. The fourth-order valence-corrected chi connectivity index (χ4v) is 4.61. The minimum absolute atomic E-state index is 0.0138. The van der Waals surface area contributed by atoms with Crippen molar-refractivity contribution in [2.24, 2.45) is 0 Å². The summed E-state index contributed by atoms with van der Waals surface area (Å²) in [5.41, 5.74) is 0.898. The Kier molecular flexibility index (Phi) is 3.86. The zero-order valence-electron chi connectivity index (χ0n) is 11.5. The van der Waals surface area contributed by atoms with Crippen LogP contribution in [0.3, 0.4) is 0 Å². The summed E-state index contributed by atoms with van der Waals surface area (Å²) < 4.78 is 34.1. The predicted molar refractivity (Wildman–Crippen MR) is 75.5 cm³/mol. The van der Waals surface area contributed by atoms with Crippen molar-refractivity contribution < 1.29 is 22.7 Å². The van der Waals surface area contributed by atoms with Crippen LogP contribution in [0, 0.1) is 0 Å². The van der Waals surface area contributed by atoms with Crippen molar-refractivity contribution in [3.05, 3.63) is 35.9 Å². The summed E-state index contributed by atoms with van der Waals surface area (Å²) in [5.74, 6) is -0.0573. The molecule has 1 aromatic rings. The van der Waals surface area contributed by atoms with Crippen LogP contribution in [0.2, 0.25) is 0 Å². The summed E-state index contributed by atoms with van der Waals surface area (Å²) in [6.45, 7) is 0.891. The monoisotopic (exact) mass is 311 g/mol. The molecule has 2 saturated heterocycles. The highest BCUT2D eigenvalue weighted by Crippen LogP contribution is 2.25. The van der Waals surface area contributed by atoms with E-state index >= 15 is 0 Å². The molecule has 2 atom stereocenters. The predicted octanol–water partition coefficient (Wildman–Crippen LogP) is 0.821. The number of carbonyl (C=O) groups is 1. The Morgan fingerprint density at radius 3 is 2.81 bits per heavy atom. The summed E-state index contributed by atoms with van der Waals surface area (Å²) in [5, 5.41) is 0. The standard InChI is InChI=1S/C14H17NO5S/c16-14(20-8-11-4-2-1-3-5-11)15-6-7-19-13-10-21(17,18)9-12(13)15/h1-5,12-13H,6-10H2. The molecule has 0 saturated carbocycles. The van der Waals surface area contributed by atoms with E-state index in [1.165, 1.54) is 4.90 Å². The largest absolute Gasteiger partial charge is 0.445 e. The van der Waals surface area contributed by atoms with Crippen molar-refractivity contribution in [2.75, 3.05) is 24.7 Å². The zero-order chi connectivity index (χ0) is 14.9. The van der Waals surface area contributed by atoms with Crippen LogP contribution >= 0.6 is 0 Å². The van der Waals surface area contributed by atoms with Crippen LogP contribution in [0.1, 0.15) is 5.56 Å². The molecule has 1 amide bonds. The van der Waals surface area contributed by atoms with Crippen LogP contribution < -0.4 is 0 Å². The Labute approximate surface area is 123 Å². The third-order valence-corrected chi connectivity index (χ3v) is 5.46. The molecular formula is C14H17NO5S. The van der Waals surface area contributed by atoms with Crippen LogP contribution in [0.15, 0.2) is 30.3 Å². The van der Waals surface area contributed by atoms with Gasteiger partial charge in [0.1, 0.15) is 6.61 Å². The number of sulfone groups is 1. The van der Waals surface area contributed by atoms with Crippen molar-refractivity contribution in [1.29, 1.82) is 0 Å². The summed E-state index contributed by atoms with van der Waals surface area (Å²) in [4.78, 5) is 13.7. The molecule has 21 heavy (non-hydrogen) atoms. The van der Waals surface area contributed by atoms with E-state index in [1.54, 1.807) is 0 Å². The number of amides is 1. The Morgan fingerprint density at radius 2 is 2.05 bits per heavy atom. The molecule has 2 aliphatic rings. The number of rotatable bonds is 2. The molecule has 1 aromatic carbocycles. The van der Waals surface area contributed by atoms with E-state index in [9.17, 15) is 13.2 Å². The molecule has 0 spiro atoms. The van der Waals surface area contributed by atoms with E-state index in [1.807, 2.05) is 30.3 Å². The van der Waals surface area contributed by atoms with Crippen molar-refractivity contribution in [2.45, 2.75) is 18.8 Å². The zero-order valence-corrected chi connectivity index (χ0v) is 12.3.